The minimum atomic E-state index is -3.37. The molecule has 8 heteroatoms. The Kier molecular flexibility index (Phi) is 7.50. The molecule has 0 spiro atoms. The SMILES string of the molecule is CC(C)C(C#N)N1CCN(C(=O)C2CCN(S(=O)(=O)Cc3ccccc3)CC2)CC1. The monoisotopic (exact) mass is 432 g/mol. The molecule has 30 heavy (non-hydrogen) atoms. The van der Waals surface area contributed by atoms with Gasteiger partial charge in [0.05, 0.1) is 11.8 Å². The van der Waals surface area contributed by atoms with Crippen LogP contribution in [0.15, 0.2) is 30.3 Å². The number of benzene rings is 1. The topological polar surface area (TPSA) is 84.7 Å². The van der Waals surface area contributed by atoms with Crippen molar-refractivity contribution in [1.82, 2.24) is 14.1 Å². The second kappa shape index (κ2) is 9.90. The zero-order valence-corrected chi connectivity index (χ0v) is 18.7. The zero-order chi connectivity index (χ0) is 21.7. The summed E-state index contributed by atoms with van der Waals surface area (Å²) in [5.41, 5.74) is 0.783. The number of hydrogen-bond acceptors (Lipinski definition) is 5. The maximum absolute atomic E-state index is 13.0. The van der Waals surface area contributed by atoms with E-state index in [1.807, 2.05) is 49.1 Å². The lowest BCUT2D eigenvalue weighted by Crippen LogP contribution is -2.54. The van der Waals surface area contributed by atoms with Crippen LogP contribution in [0.4, 0.5) is 0 Å². The molecule has 2 aliphatic heterocycles. The Hall–Kier alpha value is -1.95. The lowest BCUT2D eigenvalue weighted by Gasteiger charge is -2.40. The van der Waals surface area contributed by atoms with E-state index < -0.39 is 10.0 Å². The van der Waals surface area contributed by atoms with E-state index in [2.05, 4.69) is 11.0 Å². The maximum Gasteiger partial charge on any atom is 0.225 e. The van der Waals surface area contributed by atoms with E-state index in [9.17, 15) is 18.5 Å². The van der Waals surface area contributed by atoms with Gasteiger partial charge in [-0.15, -0.1) is 0 Å². The molecule has 1 unspecified atom stereocenters. The molecule has 1 atom stereocenters. The molecule has 7 nitrogen and oxygen atoms in total. The average Bonchev–Trinajstić information content (AvgIpc) is 2.74. The van der Waals surface area contributed by atoms with Gasteiger partial charge in [-0.05, 0) is 24.3 Å². The highest BCUT2D eigenvalue weighted by Gasteiger charge is 2.35. The Balaban J connectivity index is 1.49. The van der Waals surface area contributed by atoms with Crippen molar-refractivity contribution in [2.75, 3.05) is 39.3 Å². The van der Waals surface area contributed by atoms with E-state index in [1.165, 1.54) is 4.31 Å². The lowest BCUT2D eigenvalue weighted by molar-refractivity contribution is -0.138. The Morgan fingerprint density at radius 1 is 1.07 bits per heavy atom. The summed E-state index contributed by atoms with van der Waals surface area (Å²) in [4.78, 5) is 17.0. The molecular formula is C22H32N4O3S. The van der Waals surface area contributed by atoms with E-state index >= 15 is 0 Å². The lowest BCUT2D eigenvalue weighted by atomic mass is 9.96. The molecule has 2 heterocycles. The molecule has 0 radical (unpaired) electrons. The van der Waals surface area contributed by atoms with Crippen molar-refractivity contribution < 1.29 is 13.2 Å². The molecule has 2 fully saturated rings. The zero-order valence-electron chi connectivity index (χ0n) is 17.9. The number of nitrogens with zero attached hydrogens (tertiary/aromatic N) is 4. The van der Waals surface area contributed by atoms with Gasteiger partial charge in [0, 0.05) is 45.2 Å². The van der Waals surface area contributed by atoms with Gasteiger partial charge in [-0.3, -0.25) is 9.69 Å². The number of rotatable bonds is 6. The normalized spacial score (nSPS) is 20.8. The highest BCUT2D eigenvalue weighted by molar-refractivity contribution is 7.88. The fraction of sp³-hybridized carbons (Fsp3) is 0.636. The number of hydrogen-bond donors (Lipinski definition) is 0. The van der Waals surface area contributed by atoms with Crippen molar-refractivity contribution in [3.63, 3.8) is 0 Å². The van der Waals surface area contributed by atoms with Crippen LogP contribution < -0.4 is 0 Å². The van der Waals surface area contributed by atoms with Gasteiger partial charge in [-0.2, -0.15) is 5.26 Å². The fourth-order valence-electron chi connectivity index (χ4n) is 4.39. The molecule has 1 amide bonds. The van der Waals surface area contributed by atoms with Crippen LogP contribution in [0.25, 0.3) is 0 Å². The van der Waals surface area contributed by atoms with Gasteiger partial charge in [-0.25, -0.2) is 12.7 Å². The van der Waals surface area contributed by atoms with Gasteiger partial charge >= 0.3 is 0 Å². The summed E-state index contributed by atoms with van der Waals surface area (Å²) >= 11 is 0. The summed E-state index contributed by atoms with van der Waals surface area (Å²) in [7, 11) is -3.37. The van der Waals surface area contributed by atoms with Crippen LogP contribution in [-0.4, -0.2) is 73.7 Å². The number of nitriles is 1. The number of piperazine rings is 1. The van der Waals surface area contributed by atoms with Crippen molar-refractivity contribution >= 4 is 15.9 Å². The number of carbonyl (C=O) groups is 1. The van der Waals surface area contributed by atoms with Crippen molar-refractivity contribution in [3.8, 4) is 6.07 Å². The Morgan fingerprint density at radius 2 is 1.67 bits per heavy atom. The summed E-state index contributed by atoms with van der Waals surface area (Å²) in [5, 5.41) is 9.39. The van der Waals surface area contributed by atoms with Gasteiger partial charge in [0.15, 0.2) is 0 Å². The predicted molar refractivity (Wildman–Crippen MR) is 116 cm³/mol. The molecule has 0 bridgehead atoms. The van der Waals surface area contributed by atoms with E-state index in [1.54, 1.807) is 0 Å². The summed E-state index contributed by atoms with van der Waals surface area (Å²) in [6, 6.07) is 11.5. The van der Waals surface area contributed by atoms with Gasteiger partial charge in [0.2, 0.25) is 15.9 Å². The number of piperidine rings is 1. The number of carbonyl (C=O) groups excluding carboxylic acids is 1. The fourth-order valence-corrected chi connectivity index (χ4v) is 5.95. The minimum Gasteiger partial charge on any atom is -0.340 e. The summed E-state index contributed by atoms with van der Waals surface area (Å²) in [5.74, 6) is 0.286. The first-order chi connectivity index (χ1) is 14.3. The van der Waals surface area contributed by atoms with Crippen LogP contribution in [0.2, 0.25) is 0 Å². The van der Waals surface area contributed by atoms with E-state index in [0.717, 1.165) is 5.56 Å². The molecule has 3 rings (SSSR count). The van der Waals surface area contributed by atoms with Crippen LogP contribution in [0.3, 0.4) is 0 Å². The Bertz CT molecular complexity index is 850. The molecule has 2 saturated heterocycles. The third kappa shape index (κ3) is 5.39. The second-order valence-corrected chi connectivity index (χ2v) is 10.6. The Morgan fingerprint density at radius 3 is 2.20 bits per heavy atom. The van der Waals surface area contributed by atoms with Gasteiger partial charge in [0.25, 0.3) is 0 Å². The molecule has 2 aliphatic rings. The summed E-state index contributed by atoms with van der Waals surface area (Å²) in [6.45, 7) is 7.59. The van der Waals surface area contributed by atoms with Gasteiger partial charge < -0.3 is 4.90 Å². The van der Waals surface area contributed by atoms with Crippen LogP contribution in [-0.2, 0) is 20.6 Å². The third-order valence-corrected chi connectivity index (χ3v) is 8.02. The highest BCUT2D eigenvalue weighted by atomic mass is 32.2. The van der Waals surface area contributed by atoms with Crippen LogP contribution >= 0.6 is 0 Å². The maximum atomic E-state index is 13.0. The van der Waals surface area contributed by atoms with Crippen LogP contribution in [0.5, 0.6) is 0 Å². The standard InChI is InChI=1S/C22H32N4O3S/c1-18(2)21(16-23)24-12-14-25(15-13-24)22(27)20-8-10-26(11-9-20)30(28,29)17-19-6-4-3-5-7-19/h3-7,18,20-21H,8-15,17H2,1-2H3. The molecular weight excluding hydrogens is 400 g/mol. The quantitative estimate of drug-likeness (QED) is 0.686. The predicted octanol–water partition coefficient (Wildman–Crippen LogP) is 1.92. The first-order valence-electron chi connectivity index (χ1n) is 10.8. The third-order valence-electron chi connectivity index (χ3n) is 6.17. The average molecular weight is 433 g/mol. The largest absolute Gasteiger partial charge is 0.340 e. The van der Waals surface area contributed by atoms with E-state index in [-0.39, 0.29) is 29.5 Å². The molecule has 0 aromatic heterocycles. The molecule has 1 aromatic rings. The van der Waals surface area contributed by atoms with Gasteiger partial charge in [0.1, 0.15) is 6.04 Å². The van der Waals surface area contributed by atoms with Crippen LogP contribution in [0, 0.1) is 23.2 Å². The Labute approximate surface area is 180 Å². The number of sulfonamides is 1. The number of amides is 1. The molecule has 164 valence electrons. The van der Waals surface area contributed by atoms with Crippen molar-refractivity contribution in [2.45, 2.75) is 38.5 Å². The van der Waals surface area contributed by atoms with Crippen molar-refractivity contribution in [1.29, 1.82) is 5.26 Å². The van der Waals surface area contributed by atoms with Crippen LogP contribution in [0.1, 0.15) is 32.3 Å². The highest BCUT2D eigenvalue weighted by Crippen LogP contribution is 2.24. The first kappa shape index (κ1) is 22.7. The van der Waals surface area contributed by atoms with Crippen molar-refractivity contribution in [2.24, 2.45) is 11.8 Å². The van der Waals surface area contributed by atoms with E-state index in [4.69, 9.17) is 0 Å². The molecule has 0 N–H and O–H groups in total. The van der Waals surface area contributed by atoms with Gasteiger partial charge in [-0.1, -0.05) is 44.2 Å². The second-order valence-electron chi connectivity index (χ2n) is 8.59. The molecule has 0 aliphatic carbocycles. The first-order valence-corrected chi connectivity index (χ1v) is 12.4. The summed E-state index contributed by atoms with van der Waals surface area (Å²) < 4.78 is 27.0. The smallest absolute Gasteiger partial charge is 0.225 e. The molecule has 1 aromatic carbocycles. The minimum absolute atomic E-state index is 0.00429. The van der Waals surface area contributed by atoms with E-state index in [0.29, 0.717) is 52.1 Å². The summed E-state index contributed by atoms with van der Waals surface area (Å²) in [6.07, 6.45) is 1.14. The molecule has 0 saturated carbocycles. The van der Waals surface area contributed by atoms with Crippen molar-refractivity contribution in [3.05, 3.63) is 35.9 Å².